The van der Waals surface area contributed by atoms with Crippen molar-refractivity contribution < 1.29 is 4.79 Å². The first-order chi connectivity index (χ1) is 9.69. The Kier molecular flexibility index (Phi) is 5.45. The van der Waals surface area contributed by atoms with Crippen molar-refractivity contribution in [1.82, 2.24) is 5.32 Å². The van der Waals surface area contributed by atoms with E-state index in [2.05, 4.69) is 36.6 Å². The predicted octanol–water partition coefficient (Wildman–Crippen LogP) is 4.34. The maximum atomic E-state index is 11.8. The monoisotopic (exact) mass is 274 g/mol. The Morgan fingerprint density at radius 3 is 2.55 bits per heavy atom. The standard InChI is InChI=1S/C17H26N2O/c1-3-4-5-6-14-7-11-16(12-8-14)19-17(20)18-13(2)15-9-10-15/h7-8,11-13,15H,3-6,9-10H2,1-2H3,(H2,18,19,20). The van der Waals surface area contributed by atoms with Crippen LogP contribution in [0, 0.1) is 5.92 Å². The van der Waals surface area contributed by atoms with Gasteiger partial charge in [-0.15, -0.1) is 0 Å². The molecule has 2 amide bonds. The average Bonchev–Trinajstić information content (AvgIpc) is 3.25. The lowest BCUT2D eigenvalue weighted by atomic mass is 10.1. The van der Waals surface area contributed by atoms with Crippen molar-refractivity contribution in [3.63, 3.8) is 0 Å². The zero-order chi connectivity index (χ0) is 14.4. The van der Waals surface area contributed by atoms with Crippen molar-refractivity contribution in [2.24, 2.45) is 5.92 Å². The molecule has 1 aromatic rings. The minimum atomic E-state index is -0.0943. The number of nitrogens with one attached hydrogen (secondary N) is 2. The van der Waals surface area contributed by atoms with E-state index in [0.717, 1.165) is 12.1 Å². The SMILES string of the molecule is CCCCCc1ccc(NC(=O)NC(C)C2CC2)cc1. The molecule has 0 spiro atoms. The first kappa shape index (κ1) is 14.9. The van der Waals surface area contributed by atoms with E-state index in [-0.39, 0.29) is 12.1 Å². The number of rotatable bonds is 7. The van der Waals surface area contributed by atoms with Crippen LogP contribution in [0.5, 0.6) is 0 Å². The highest BCUT2D eigenvalue weighted by Gasteiger charge is 2.28. The summed E-state index contributed by atoms with van der Waals surface area (Å²) in [6, 6.07) is 8.38. The van der Waals surface area contributed by atoms with Gasteiger partial charge in [0, 0.05) is 11.7 Å². The van der Waals surface area contributed by atoms with Crippen LogP contribution in [-0.2, 0) is 6.42 Å². The second-order valence-corrected chi connectivity index (χ2v) is 5.88. The summed E-state index contributed by atoms with van der Waals surface area (Å²) >= 11 is 0. The summed E-state index contributed by atoms with van der Waals surface area (Å²) in [6.07, 6.45) is 7.38. The lowest BCUT2D eigenvalue weighted by Gasteiger charge is -2.13. The smallest absolute Gasteiger partial charge is 0.319 e. The number of carbonyl (C=O) groups excluding carboxylic acids is 1. The molecule has 1 fully saturated rings. The van der Waals surface area contributed by atoms with Gasteiger partial charge in [0.25, 0.3) is 0 Å². The minimum Gasteiger partial charge on any atom is -0.335 e. The summed E-state index contributed by atoms with van der Waals surface area (Å²) in [4.78, 5) is 11.8. The van der Waals surface area contributed by atoms with Gasteiger partial charge in [0.2, 0.25) is 0 Å². The Bertz CT molecular complexity index is 423. The van der Waals surface area contributed by atoms with Crippen molar-refractivity contribution in [2.45, 2.75) is 58.4 Å². The molecule has 2 N–H and O–H groups in total. The third-order valence-corrected chi connectivity index (χ3v) is 3.97. The van der Waals surface area contributed by atoms with Crippen molar-refractivity contribution in [1.29, 1.82) is 0 Å². The fraction of sp³-hybridized carbons (Fsp3) is 0.588. The predicted molar refractivity (Wildman–Crippen MR) is 84.0 cm³/mol. The average molecular weight is 274 g/mol. The molecule has 0 aliphatic heterocycles. The van der Waals surface area contributed by atoms with Gasteiger partial charge in [-0.05, 0) is 56.2 Å². The van der Waals surface area contributed by atoms with Crippen LogP contribution in [0.3, 0.4) is 0 Å². The van der Waals surface area contributed by atoms with Gasteiger partial charge in [-0.3, -0.25) is 0 Å². The summed E-state index contributed by atoms with van der Waals surface area (Å²) in [5.41, 5.74) is 2.21. The van der Waals surface area contributed by atoms with Crippen molar-refractivity contribution in [2.75, 3.05) is 5.32 Å². The molecule has 3 heteroatoms. The molecule has 0 saturated heterocycles. The van der Waals surface area contributed by atoms with Crippen LogP contribution in [0.4, 0.5) is 10.5 Å². The lowest BCUT2D eigenvalue weighted by molar-refractivity contribution is 0.248. The third kappa shape index (κ3) is 4.87. The summed E-state index contributed by atoms with van der Waals surface area (Å²) in [7, 11) is 0. The molecule has 1 aromatic carbocycles. The van der Waals surface area contributed by atoms with E-state index < -0.39 is 0 Å². The molecule has 0 bridgehead atoms. The van der Waals surface area contributed by atoms with Crippen LogP contribution in [0.1, 0.15) is 51.5 Å². The van der Waals surface area contributed by atoms with E-state index >= 15 is 0 Å². The maximum Gasteiger partial charge on any atom is 0.319 e. The summed E-state index contributed by atoms with van der Waals surface area (Å²) in [6.45, 7) is 4.29. The molecular formula is C17H26N2O. The van der Waals surface area contributed by atoms with E-state index in [4.69, 9.17) is 0 Å². The maximum absolute atomic E-state index is 11.8. The van der Waals surface area contributed by atoms with Gasteiger partial charge in [0.05, 0.1) is 0 Å². The first-order valence-corrected chi connectivity index (χ1v) is 7.85. The largest absolute Gasteiger partial charge is 0.335 e. The van der Waals surface area contributed by atoms with Crippen LogP contribution in [0.2, 0.25) is 0 Å². The molecule has 0 radical (unpaired) electrons. The highest BCUT2D eigenvalue weighted by atomic mass is 16.2. The van der Waals surface area contributed by atoms with E-state index in [0.29, 0.717) is 5.92 Å². The van der Waals surface area contributed by atoms with Crippen LogP contribution >= 0.6 is 0 Å². The minimum absolute atomic E-state index is 0.0943. The van der Waals surface area contributed by atoms with Crippen molar-refractivity contribution in [3.8, 4) is 0 Å². The fourth-order valence-electron chi connectivity index (χ4n) is 2.42. The molecule has 2 rings (SSSR count). The lowest BCUT2D eigenvalue weighted by Crippen LogP contribution is -2.37. The van der Waals surface area contributed by atoms with Gasteiger partial charge < -0.3 is 10.6 Å². The zero-order valence-electron chi connectivity index (χ0n) is 12.6. The number of urea groups is 1. The third-order valence-electron chi connectivity index (χ3n) is 3.97. The number of hydrogen-bond donors (Lipinski definition) is 2. The number of unbranched alkanes of at least 4 members (excludes halogenated alkanes) is 2. The van der Waals surface area contributed by atoms with Gasteiger partial charge in [-0.2, -0.15) is 0 Å². The number of aryl methyl sites for hydroxylation is 1. The van der Waals surface area contributed by atoms with Crippen LogP contribution in [0.15, 0.2) is 24.3 Å². The van der Waals surface area contributed by atoms with E-state index in [9.17, 15) is 4.79 Å². The Hall–Kier alpha value is -1.51. The number of anilines is 1. The van der Waals surface area contributed by atoms with Gasteiger partial charge >= 0.3 is 6.03 Å². The molecule has 110 valence electrons. The van der Waals surface area contributed by atoms with E-state index in [1.165, 1.54) is 37.7 Å². The normalized spacial score (nSPS) is 15.7. The van der Waals surface area contributed by atoms with Crippen LogP contribution in [-0.4, -0.2) is 12.1 Å². The Morgan fingerprint density at radius 1 is 1.25 bits per heavy atom. The van der Waals surface area contributed by atoms with Gasteiger partial charge in [0.1, 0.15) is 0 Å². The summed E-state index contributed by atoms with van der Waals surface area (Å²) < 4.78 is 0. The second kappa shape index (κ2) is 7.32. The summed E-state index contributed by atoms with van der Waals surface area (Å²) in [5.74, 6) is 0.682. The second-order valence-electron chi connectivity index (χ2n) is 5.88. The number of amides is 2. The Balaban J connectivity index is 1.75. The molecule has 1 aliphatic carbocycles. The Labute approximate surface area is 122 Å². The Morgan fingerprint density at radius 2 is 1.95 bits per heavy atom. The zero-order valence-corrected chi connectivity index (χ0v) is 12.6. The van der Waals surface area contributed by atoms with Crippen LogP contribution in [0.25, 0.3) is 0 Å². The highest BCUT2D eigenvalue weighted by Crippen LogP contribution is 2.32. The first-order valence-electron chi connectivity index (χ1n) is 7.85. The molecule has 3 nitrogen and oxygen atoms in total. The van der Waals surface area contributed by atoms with E-state index in [1.54, 1.807) is 0 Å². The molecular weight excluding hydrogens is 248 g/mol. The van der Waals surface area contributed by atoms with Gasteiger partial charge in [-0.1, -0.05) is 31.9 Å². The number of benzene rings is 1. The van der Waals surface area contributed by atoms with Crippen molar-refractivity contribution in [3.05, 3.63) is 29.8 Å². The van der Waals surface area contributed by atoms with Gasteiger partial charge in [-0.25, -0.2) is 4.79 Å². The molecule has 1 aliphatic rings. The van der Waals surface area contributed by atoms with Gasteiger partial charge in [0.15, 0.2) is 0 Å². The molecule has 0 aromatic heterocycles. The van der Waals surface area contributed by atoms with E-state index in [1.807, 2.05) is 12.1 Å². The quantitative estimate of drug-likeness (QED) is 0.713. The molecule has 1 unspecified atom stereocenters. The van der Waals surface area contributed by atoms with Crippen LogP contribution < -0.4 is 10.6 Å². The topological polar surface area (TPSA) is 41.1 Å². The number of carbonyl (C=O) groups is 1. The summed E-state index contributed by atoms with van der Waals surface area (Å²) in [5, 5.41) is 5.90. The molecule has 0 heterocycles. The van der Waals surface area contributed by atoms with Crippen molar-refractivity contribution >= 4 is 11.7 Å². The highest BCUT2D eigenvalue weighted by molar-refractivity contribution is 5.89. The number of hydrogen-bond acceptors (Lipinski definition) is 1. The molecule has 1 saturated carbocycles. The molecule has 20 heavy (non-hydrogen) atoms. The fourth-order valence-corrected chi connectivity index (χ4v) is 2.42. The molecule has 1 atom stereocenters.